The molecule has 6 nitrogen and oxygen atoms in total. The fourth-order valence-electron chi connectivity index (χ4n) is 1.61. The monoisotopic (exact) mass is 276 g/mol. The molecule has 0 saturated carbocycles. The molecule has 0 radical (unpaired) electrons. The van der Waals surface area contributed by atoms with Crippen molar-refractivity contribution in [3.8, 4) is 6.07 Å². The highest BCUT2D eigenvalue weighted by atomic mass is 32.2. The SMILES string of the molecule is Cc1cccc(S(=O)(=O)Nc2nn(C)cc2C#N)c1. The lowest BCUT2D eigenvalue weighted by Gasteiger charge is -2.06. The fraction of sp³-hybridized carbons (Fsp3) is 0.167. The second kappa shape index (κ2) is 4.74. The summed E-state index contributed by atoms with van der Waals surface area (Å²) in [5.74, 6) is 0.0338. The Bertz CT molecular complexity index is 756. The molecule has 0 spiro atoms. The van der Waals surface area contributed by atoms with E-state index < -0.39 is 10.0 Å². The smallest absolute Gasteiger partial charge is 0.263 e. The largest absolute Gasteiger partial charge is 0.272 e. The number of rotatable bonds is 3. The Morgan fingerprint density at radius 3 is 2.79 bits per heavy atom. The van der Waals surface area contributed by atoms with Crippen LogP contribution in [0.15, 0.2) is 35.4 Å². The van der Waals surface area contributed by atoms with E-state index in [1.807, 2.05) is 6.07 Å². The highest BCUT2D eigenvalue weighted by Gasteiger charge is 2.18. The van der Waals surface area contributed by atoms with Gasteiger partial charge in [0.1, 0.15) is 11.6 Å². The number of nitriles is 1. The Kier molecular flexibility index (Phi) is 3.27. The molecule has 1 aromatic carbocycles. The Morgan fingerprint density at radius 2 is 2.16 bits per heavy atom. The van der Waals surface area contributed by atoms with Gasteiger partial charge in [0.05, 0.1) is 4.90 Å². The van der Waals surface area contributed by atoms with Crippen molar-refractivity contribution in [1.29, 1.82) is 5.26 Å². The highest BCUT2D eigenvalue weighted by Crippen LogP contribution is 2.18. The summed E-state index contributed by atoms with van der Waals surface area (Å²) < 4.78 is 28.0. The first-order valence-corrected chi connectivity index (χ1v) is 6.94. The molecule has 7 heteroatoms. The summed E-state index contributed by atoms with van der Waals surface area (Å²) in [7, 11) is -2.12. The van der Waals surface area contributed by atoms with Crippen molar-refractivity contribution in [3.63, 3.8) is 0 Å². The van der Waals surface area contributed by atoms with E-state index in [4.69, 9.17) is 5.26 Å². The fourth-order valence-corrected chi connectivity index (χ4v) is 2.74. The summed E-state index contributed by atoms with van der Waals surface area (Å²) in [4.78, 5) is 0.141. The number of sulfonamides is 1. The number of benzene rings is 1. The molecule has 0 saturated heterocycles. The van der Waals surface area contributed by atoms with Crippen molar-refractivity contribution >= 4 is 15.8 Å². The van der Waals surface area contributed by atoms with Gasteiger partial charge in [-0.05, 0) is 24.6 Å². The van der Waals surface area contributed by atoms with E-state index in [0.29, 0.717) is 0 Å². The number of aromatic nitrogens is 2. The summed E-state index contributed by atoms with van der Waals surface area (Å²) >= 11 is 0. The van der Waals surface area contributed by atoms with E-state index >= 15 is 0 Å². The Balaban J connectivity index is 2.40. The molecule has 19 heavy (non-hydrogen) atoms. The minimum atomic E-state index is -3.73. The van der Waals surface area contributed by atoms with Gasteiger partial charge in [-0.15, -0.1) is 0 Å². The molecule has 2 rings (SSSR count). The van der Waals surface area contributed by atoms with Crippen LogP contribution in [0.4, 0.5) is 5.82 Å². The van der Waals surface area contributed by atoms with Gasteiger partial charge < -0.3 is 0 Å². The third kappa shape index (κ3) is 2.74. The molecular weight excluding hydrogens is 264 g/mol. The van der Waals surface area contributed by atoms with Crippen LogP contribution in [0.3, 0.4) is 0 Å². The van der Waals surface area contributed by atoms with Crippen LogP contribution in [0, 0.1) is 18.3 Å². The van der Waals surface area contributed by atoms with Gasteiger partial charge in [0.15, 0.2) is 5.82 Å². The van der Waals surface area contributed by atoms with Crippen molar-refractivity contribution in [2.75, 3.05) is 4.72 Å². The van der Waals surface area contributed by atoms with Gasteiger partial charge >= 0.3 is 0 Å². The summed E-state index contributed by atoms with van der Waals surface area (Å²) in [5.41, 5.74) is 1.02. The van der Waals surface area contributed by atoms with Gasteiger partial charge in [-0.2, -0.15) is 10.4 Å². The number of hydrogen-bond acceptors (Lipinski definition) is 4. The van der Waals surface area contributed by atoms with E-state index in [-0.39, 0.29) is 16.3 Å². The average molecular weight is 276 g/mol. The quantitative estimate of drug-likeness (QED) is 0.917. The standard InChI is InChI=1S/C12H12N4O2S/c1-9-4-3-5-11(6-9)19(17,18)15-12-10(7-13)8-16(2)14-12/h3-6,8H,1-2H3,(H,14,15). The van der Waals surface area contributed by atoms with Crippen molar-refractivity contribution in [1.82, 2.24) is 9.78 Å². The normalized spacial score (nSPS) is 11.0. The second-order valence-electron chi connectivity index (χ2n) is 4.10. The second-order valence-corrected chi connectivity index (χ2v) is 5.78. The molecule has 1 aromatic heterocycles. The lowest BCUT2D eigenvalue weighted by molar-refractivity contribution is 0.600. The number of anilines is 1. The third-order valence-electron chi connectivity index (χ3n) is 2.48. The van der Waals surface area contributed by atoms with Gasteiger partial charge in [0.25, 0.3) is 10.0 Å². The Hall–Kier alpha value is -2.33. The van der Waals surface area contributed by atoms with Gasteiger partial charge in [-0.3, -0.25) is 9.40 Å². The van der Waals surface area contributed by atoms with Crippen molar-refractivity contribution in [2.45, 2.75) is 11.8 Å². The minimum Gasteiger partial charge on any atom is -0.272 e. The van der Waals surface area contributed by atoms with Crippen LogP contribution in [0.25, 0.3) is 0 Å². The van der Waals surface area contributed by atoms with E-state index in [1.54, 1.807) is 32.2 Å². The molecule has 98 valence electrons. The van der Waals surface area contributed by atoms with Crippen LogP contribution in [-0.4, -0.2) is 18.2 Å². The molecule has 0 bridgehead atoms. The number of hydrogen-bond donors (Lipinski definition) is 1. The zero-order chi connectivity index (χ0) is 14.0. The Labute approximate surface area is 111 Å². The molecule has 1 N–H and O–H groups in total. The van der Waals surface area contributed by atoms with E-state index in [9.17, 15) is 8.42 Å². The summed E-state index contributed by atoms with van der Waals surface area (Å²) in [6, 6.07) is 8.40. The maximum Gasteiger partial charge on any atom is 0.263 e. The first kappa shape index (κ1) is 13.1. The van der Waals surface area contributed by atoms with Crippen LogP contribution >= 0.6 is 0 Å². The predicted molar refractivity (Wildman–Crippen MR) is 69.9 cm³/mol. The topological polar surface area (TPSA) is 87.8 Å². The molecule has 0 amide bonds. The summed E-state index contributed by atoms with van der Waals surface area (Å²) in [6.45, 7) is 1.81. The molecular formula is C12H12N4O2S. The molecule has 2 aromatic rings. The van der Waals surface area contributed by atoms with Crippen molar-refractivity contribution in [3.05, 3.63) is 41.6 Å². The van der Waals surface area contributed by atoms with Gasteiger partial charge in [-0.25, -0.2) is 8.42 Å². The van der Waals surface area contributed by atoms with Gasteiger partial charge in [-0.1, -0.05) is 12.1 Å². The van der Waals surface area contributed by atoms with E-state index in [2.05, 4.69) is 9.82 Å². The molecule has 0 unspecified atom stereocenters. The number of nitrogens with zero attached hydrogens (tertiary/aromatic N) is 3. The van der Waals surface area contributed by atoms with Crippen LogP contribution < -0.4 is 4.72 Å². The number of nitrogens with one attached hydrogen (secondary N) is 1. The predicted octanol–water partition coefficient (Wildman–Crippen LogP) is 1.40. The van der Waals surface area contributed by atoms with E-state index in [0.717, 1.165) is 5.56 Å². The molecule has 0 aliphatic heterocycles. The maximum absolute atomic E-state index is 12.2. The highest BCUT2D eigenvalue weighted by molar-refractivity contribution is 7.92. The minimum absolute atomic E-state index is 0.0338. The molecule has 0 fully saturated rings. The average Bonchev–Trinajstić information content (AvgIpc) is 2.68. The lowest BCUT2D eigenvalue weighted by Crippen LogP contribution is -2.14. The van der Waals surface area contributed by atoms with Gasteiger partial charge in [0, 0.05) is 13.2 Å². The van der Waals surface area contributed by atoms with Crippen LogP contribution in [0.5, 0.6) is 0 Å². The summed E-state index contributed by atoms with van der Waals surface area (Å²) in [5, 5.41) is 12.8. The zero-order valence-electron chi connectivity index (χ0n) is 10.5. The molecule has 0 aliphatic carbocycles. The number of aryl methyl sites for hydroxylation is 2. The van der Waals surface area contributed by atoms with Gasteiger partial charge in [0.2, 0.25) is 0 Å². The van der Waals surface area contributed by atoms with Crippen molar-refractivity contribution in [2.24, 2.45) is 7.05 Å². The Morgan fingerprint density at radius 1 is 1.42 bits per heavy atom. The molecule has 0 atom stereocenters. The van der Waals surface area contributed by atoms with Crippen molar-refractivity contribution < 1.29 is 8.42 Å². The zero-order valence-corrected chi connectivity index (χ0v) is 11.3. The third-order valence-corrected chi connectivity index (χ3v) is 3.82. The molecule has 1 heterocycles. The van der Waals surface area contributed by atoms with Crippen LogP contribution in [-0.2, 0) is 17.1 Å². The summed E-state index contributed by atoms with van der Waals surface area (Å²) in [6.07, 6.45) is 1.45. The first-order valence-electron chi connectivity index (χ1n) is 5.45. The lowest BCUT2D eigenvalue weighted by atomic mass is 10.2. The van der Waals surface area contributed by atoms with Crippen LogP contribution in [0.2, 0.25) is 0 Å². The molecule has 0 aliphatic rings. The van der Waals surface area contributed by atoms with E-state index in [1.165, 1.54) is 16.9 Å². The van der Waals surface area contributed by atoms with Crippen LogP contribution in [0.1, 0.15) is 11.1 Å². The first-order chi connectivity index (χ1) is 8.92. The maximum atomic E-state index is 12.2.